The first kappa shape index (κ1) is 17.0. The lowest BCUT2D eigenvalue weighted by Crippen LogP contribution is -2.67. The fourth-order valence-electron chi connectivity index (χ4n) is 4.36. The van der Waals surface area contributed by atoms with Gasteiger partial charge in [-0.05, 0) is 44.7 Å². The van der Waals surface area contributed by atoms with Gasteiger partial charge in [0, 0.05) is 18.5 Å². The van der Waals surface area contributed by atoms with Gasteiger partial charge < -0.3 is 10.6 Å². The summed E-state index contributed by atoms with van der Waals surface area (Å²) in [6, 6.07) is -0.0599. The van der Waals surface area contributed by atoms with Gasteiger partial charge in [-0.15, -0.1) is 0 Å². The average Bonchev–Trinajstić information content (AvgIpc) is 2.96. The Bertz CT molecular complexity index is 427. The van der Waals surface area contributed by atoms with Crippen LogP contribution in [-0.4, -0.2) is 55.7 Å². The second-order valence-electron chi connectivity index (χ2n) is 7.46. The van der Waals surface area contributed by atoms with Crippen molar-refractivity contribution in [3.05, 3.63) is 0 Å². The Labute approximate surface area is 135 Å². The van der Waals surface area contributed by atoms with Crippen molar-refractivity contribution in [3.8, 4) is 0 Å². The van der Waals surface area contributed by atoms with Gasteiger partial charge in [-0.2, -0.15) is 13.2 Å². The predicted octanol–water partition coefficient (Wildman–Crippen LogP) is 1.91. The molecule has 4 nitrogen and oxygen atoms in total. The summed E-state index contributed by atoms with van der Waals surface area (Å²) < 4.78 is 37.1. The Morgan fingerprint density at radius 3 is 2.39 bits per heavy atom. The molecule has 1 amide bonds. The largest absolute Gasteiger partial charge is 0.401 e. The fraction of sp³-hybridized carbons (Fsp3) is 0.938. The maximum absolute atomic E-state index is 12.4. The number of hydrogen-bond donors (Lipinski definition) is 2. The normalized spacial score (nSPS) is 28.7. The number of rotatable bonds is 4. The van der Waals surface area contributed by atoms with Gasteiger partial charge in [0.15, 0.2) is 0 Å². The maximum Gasteiger partial charge on any atom is 0.401 e. The summed E-state index contributed by atoms with van der Waals surface area (Å²) in [4.78, 5) is 13.8. The highest BCUT2D eigenvalue weighted by Crippen LogP contribution is 2.45. The van der Waals surface area contributed by atoms with E-state index in [0.29, 0.717) is 25.6 Å². The number of nitrogens with zero attached hydrogens (tertiary/aromatic N) is 1. The second-order valence-corrected chi connectivity index (χ2v) is 7.46. The van der Waals surface area contributed by atoms with Crippen molar-refractivity contribution in [2.75, 3.05) is 32.7 Å². The zero-order chi connectivity index (χ0) is 16.5. The third-order valence-electron chi connectivity index (χ3n) is 5.81. The molecule has 2 aliphatic heterocycles. The molecule has 3 fully saturated rings. The summed E-state index contributed by atoms with van der Waals surface area (Å²) in [6.07, 6.45) is 2.01. The summed E-state index contributed by atoms with van der Waals surface area (Å²) in [6.45, 7) is 1.64. The minimum atomic E-state index is -4.12. The van der Waals surface area contributed by atoms with Gasteiger partial charge in [0.25, 0.3) is 0 Å². The quantitative estimate of drug-likeness (QED) is 0.826. The number of halogens is 3. The van der Waals surface area contributed by atoms with Gasteiger partial charge in [-0.1, -0.05) is 12.8 Å². The van der Waals surface area contributed by atoms with Gasteiger partial charge in [-0.25, -0.2) is 0 Å². The number of amides is 1. The molecule has 23 heavy (non-hydrogen) atoms. The molecule has 7 heteroatoms. The summed E-state index contributed by atoms with van der Waals surface area (Å²) in [5, 5.41) is 6.28. The highest BCUT2D eigenvalue weighted by atomic mass is 19.4. The van der Waals surface area contributed by atoms with Gasteiger partial charge >= 0.3 is 6.18 Å². The molecule has 0 aromatic carbocycles. The van der Waals surface area contributed by atoms with Crippen LogP contribution in [0.1, 0.15) is 38.5 Å². The Hall–Kier alpha value is -0.820. The first-order valence-corrected chi connectivity index (χ1v) is 8.68. The first-order valence-electron chi connectivity index (χ1n) is 8.68. The van der Waals surface area contributed by atoms with Crippen molar-refractivity contribution in [2.45, 2.75) is 50.7 Å². The van der Waals surface area contributed by atoms with Crippen LogP contribution in [0.4, 0.5) is 13.2 Å². The summed E-state index contributed by atoms with van der Waals surface area (Å²) in [5.41, 5.74) is 0.181. The SMILES string of the molecule is O=C(NCC1CCN(CC(F)(F)F)CC1)C1NCC12CCCC2. The van der Waals surface area contributed by atoms with Crippen LogP contribution in [0, 0.1) is 11.3 Å². The van der Waals surface area contributed by atoms with Crippen LogP contribution < -0.4 is 10.6 Å². The molecular weight excluding hydrogens is 307 g/mol. The molecule has 2 saturated heterocycles. The number of hydrogen-bond acceptors (Lipinski definition) is 3. The van der Waals surface area contributed by atoms with Gasteiger partial charge in [0.05, 0.1) is 12.6 Å². The van der Waals surface area contributed by atoms with Crippen LogP contribution >= 0.6 is 0 Å². The second kappa shape index (κ2) is 6.59. The molecule has 132 valence electrons. The number of nitrogens with one attached hydrogen (secondary N) is 2. The molecular formula is C16H26F3N3O. The van der Waals surface area contributed by atoms with Crippen molar-refractivity contribution < 1.29 is 18.0 Å². The van der Waals surface area contributed by atoms with E-state index in [-0.39, 0.29) is 17.4 Å². The molecule has 3 aliphatic rings. The van der Waals surface area contributed by atoms with Gasteiger partial charge in [-0.3, -0.25) is 9.69 Å². The average molecular weight is 333 g/mol. The number of carbonyl (C=O) groups is 1. The molecule has 2 heterocycles. The molecule has 1 atom stereocenters. The zero-order valence-electron chi connectivity index (χ0n) is 13.4. The molecule has 2 N–H and O–H groups in total. The lowest BCUT2D eigenvalue weighted by Gasteiger charge is -2.47. The molecule has 0 bridgehead atoms. The van der Waals surface area contributed by atoms with Crippen LogP contribution in [0.3, 0.4) is 0 Å². The van der Waals surface area contributed by atoms with Crippen LogP contribution in [0.25, 0.3) is 0 Å². The lowest BCUT2D eigenvalue weighted by molar-refractivity contribution is -0.148. The minimum absolute atomic E-state index is 0.0599. The highest BCUT2D eigenvalue weighted by molar-refractivity contribution is 5.84. The van der Waals surface area contributed by atoms with Crippen molar-refractivity contribution in [1.82, 2.24) is 15.5 Å². The predicted molar refractivity (Wildman–Crippen MR) is 80.9 cm³/mol. The Morgan fingerprint density at radius 2 is 1.87 bits per heavy atom. The molecule has 0 aromatic rings. The van der Waals surface area contributed by atoms with E-state index in [0.717, 1.165) is 32.2 Å². The molecule has 1 spiro atoms. The maximum atomic E-state index is 12.4. The molecule has 0 radical (unpaired) electrons. The van der Waals surface area contributed by atoms with Crippen LogP contribution in [-0.2, 0) is 4.79 Å². The van der Waals surface area contributed by atoms with Crippen LogP contribution in [0.2, 0.25) is 0 Å². The van der Waals surface area contributed by atoms with E-state index in [1.165, 1.54) is 17.7 Å². The molecule has 1 aliphatic carbocycles. The Kier molecular flexibility index (Phi) is 4.88. The van der Waals surface area contributed by atoms with Gasteiger partial charge in [0.2, 0.25) is 5.91 Å². The van der Waals surface area contributed by atoms with E-state index in [1.54, 1.807) is 0 Å². The molecule has 1 unspecified atom stereocenters. The highest BCUT2D eigenvalue weighted by Gasteiger charge is 2.51. The summed E-state index contributed by atoms with van der Waals surface area (Å²) in [5.74, 6) is 0.374. The molecule has 1 saturated carbocycles. The van der Waals surface area contributed by atoms with E-state index >= 15 is 0 Å². The van der Waals surface area contributed by atoms with Gasteiger partial charge in [0.1, 0.15) is 0 Å². The number of piperidine rings is 1. The fourth-order valence-corrected chi connectivity index (χ4v) is 4.36. The minimum Gasteiger partial charge on any atom is -0.354 e. The zero-order valence-corrected chi connectivity index (χ0v) is 13.4. The summed E-state index contributed by atoms with van der Waals surface area (Å²) in [7, 11) is 0. The van der Waals surface area contributed by atoms with Crippen molar-refractivity contribution >= 4 is 5.91 Å². The number of likely N-dealkylation sites (tertiary alicyclic amines) is 1. The van der Waals surface area contributed by atoms with Crippen molar-refractivity contribution in [1.29, 1.82) is 0 Å². The number of carbonyl (C=O) groups excluding carboxylic acids is 1. The standard InChI is InChI=1S/C16H26F3N3O/c17-16(18,19)11-22-7-3-12(4-8-22)9-20-14(23)13-15(10-21-13)5-1-2-6-15/h12-13,21H,1-11H2,(H,20,23). The third kappa shape index (κ3) is 3.99. The topological polar surface area (TPSA) is 44.4 Å². The monoisotopic (exact) mass is 333 g/mol. The van der Waals surface area contributed by atoms with E-state index in [1.807, 2.05) is 0 Å². The van der Waals surface area contributed by atoms with Crippen LogP contribution in [0.15, 0.2) is 0 Å². The van der Waals surface area contributed by atoms with Crippen molar-refractivity contribution in [3.63, 3.8) is 0 Å². The Balaban J connectivity index is 1.38. The molecule has 0 aromatic heterocycles. The smallest absolute Gasteiger partial charge is 0.354 e. The van der Waals surface area contributed by atoms with Crippen molar-refractivity contribution in [2.24, 2.45) is 11.3 Å². The van der Waals surface area contributed by atoms with Crippen LogP contribution in [0.5, 0.6) is 0 Å². The lowest BCUT2D eigenvalue weighted by atomic mass is 9.71. The van der Waals surface area contributed by atoms with E-state index in [2.05, 4.69) is 10.6 Å². The van der Waals surface area contributed by atoms with E-state index < -0.39 is 12.7 Å². The van der Waals surface area contributed by atoms with E-state index in [9.17, 15) is 18.0 Å². The Morgan fingerprint density at radius 1 is 1.22 bits per heavy atom. The number of alkyl halides is 3. The summed E-state index contributed by atoms with van der Waals surface area (Å²) >= 11 is 0. The van der Waals surface area contributed by atoms with E-state index in [4.69, 9.17) is 0 Å². The first-order chi connectivity index (χ1) is 10.9. The molecule has 3 rings (SSSR count). The third-order valence-corrected chi connectivity index (χ3v) is 5.81.